The normalized spacial score (nSPS) is 21.3. The second kappa shape index (κ2) is 18.9. The SMILES string of the molecule is CC(C)(C)[Si](C)(C)OC[C@H]1/C(=C\c2ccccc2)[C@H](OCc2ccccc2)[C@H](OCc2ccccc2)[C@@H](OCc2ccccc2)[C@@H]1OCc1ccccc1. The van der Waals surface area contributed by atoms with E-state index in [4.69, 9.17) is 23.4 Å². The van der Waals surface area contributed by atoms with Gasteiger partial charge in [-0.15, -0.1) is 0 Å². The zero-order valence-electron chi connectivity index (χ0n) is 32.5. The molecular weight excluding hydrogens is 685 g/mol. The van der Waals surface area contributed by atoms with E-state index in [0.29, 0.717) is 33.0 Å². The summed E-state index contributed by atoms with van der Waals surface area (Å²) < 4.78 is 35.5. The first-order valence-electron chi connectivity index (χ1n) is 19.2. The summed E-state index contributed by atoms with van der Waals surface area (Å²) in [6.07, 6.45) is 0.419. The van der Waals surface area contributed by atoms with Gasteiger partial charge in [-0.3, -0.25) is 0 Å². The Morgan fingerprint density at radius 3 is 1.28 bits per heavy atom. The van der Waals surface area contributed by atoms with Gasteiger partial charge in [0.1, 0.15) is 18.3 Å². The molecule has 0 amide bonds. The average molecular weight is 741 g/mol. The molecule has 0 aromatic heterocycles. The highest BCUT2D eigenvalue weighted by Gasteiger charge is 2.51. The van der Waals surface area contributed by atoms with Crippen molar-refractivity contribution in [1.82, 2.24) is 0 Å². The number of hydrogen-bond donors (Lipinski definition) is 0. The first kappa shape index (κ1) is 39.5. The van der Waals surface area contributed by atoms with Crippen molar-refractivity contribution in [2.45, 2.75) is 89.7 Å². The van der Waals surface area contributed by atoms with E-state index in [9.17, 15) is 0 Å². The van der Waals surface area contributed by atoms with Crippen LogP contribution in [-0.4, -0.2) is 39.3 Å². The molecule has 0 saturated heterocycles. The predicted molar refractivity (Wildman–Crippen MR) is 221 cm³/mol. The van der Waals surface area contributed by atoms with Crippen LogP contribution < -0.4 is 0 Å². The van der Waals surface area contributed by atoms with Crippen LogP contribution in [0.15, 0.2) is 157 Å². The monoisotopic (exact) mass is 740 g/mol. The fourth-order valence-electron chi connectivity index (χ4n) is 6.65. The van der Waals surface area contributed by atoms with Crippen molar-refractivity contribution in [3.8, 4) is 0 Å². The van der Waals surface area contributed by atoms with Gasteiger partial charge in [0.05, 0.1) is 32.5 Å². The second-order valence-corrected chi connectivity index (χ2v) is 20.5. The lowest BCUT2D eigenvalue weighted by Gasteiger charge is -2.49. The highest BCUT2D eigenvalue weighted by Crippen LogP contribution is 2.43. The quantitative estimate of drug-likeness (QED) is 0.0943. The summed E-state index contributed by atoms with van der Waals surface area (Å²) in [6.45, 7) is 13.6. The van der Waals surface area contributed by atoms with Crippen molar-refractivity contribution in [2.24, 2.45) is 5.92 Å². The zero-order chi connectivity index (χ0) is 37.8. The Labute approximate surface area is 324 Å². The van der Waals surface area contributed by atoms with Crippen molar-refractivity contribution in [3.63, 3.8) is 0 Å². The van der Waals surface area contributed by atoms with Crippen molar-refractivity contribution >= 4 is 14.4 Å². The van der Waals surface area contributed by atoms with Crippen molar-refractivity contribution in [3.05, 3.63) is 185 Å². The van der Waals surface area contributed by atoms with Crippen LogP contribution in [0.1, 0.15) is 48.6 Å². The lowest BCUT2D eigenvalue weighted by Crippen LogP contribution is -2.60. The largest absolute Gasteiger partial charge is 0.416 e. The van der Waals surface area contributed by atoms with Gasteiger partial charge in [-0.1, -0.05) is 179 Å². The van der Waals surface area contributed by atoms with Crippen LogP contribution >= 0.6 is 0 Å². The van der Waals surface area contributed by atoms with Crippen LogP contribution in [0.25, 0.3) is 6.08 Å². The summed E-state index contributed by atoms with van der Waals surface area (Å²) in [7, 11) is -2.19. The van der Waals surface area contributed by atoms with Crippen LogP contribution in [0.3, 0.4) is 0 Å². The Morgan fingerprint density at radius 1 is 0.481 bits per heavy atom. The Bertz CT molecular complexity index is 1840. The molecule has 0 heterocycles. The summed E-state index contributed by atoms with van der Waals surface area (Å²) in [5.41, 5.74) is 6.54. The molecule has 5 atom stereocenters. The molecular formula is C48H56O5Si. The Balaban J connectivity index is 1.49. The smallest absolute Gasteiger partial charge is 0.192 e. The van der Waals surface area contributed by atoms with E-state index < -0.39 is 32.7 Å². The topological polar surface area (TPSA) is 46.2 Å². The minimum atomic E-state index is -2.19. The van der Waals surface area contributed by atoms with Gasteiger partial charge >= 0.3 is 0 Å². The van der Waals surface area contributed by atoms with Crippen LogP contribution in [0.2, 0.25) is 18.1 Å². The van der Waals surface area contributed by atoms with E-state index in [2.05, 4.69) is 155 Å². The van der Waals surface area contributed by atoms with Gasteiger partial charge in [-0.25, -0.2) is 0 Å². The lowest BCUT2D eigenvalue weighted by atomic mass is 9.75. The van der Waals surface area contributed by atoms with E-state index in [0.717, 1.165) is 33.4 Å². The van der Waals surface area contributed by atoms with Crippen LogP contribution in [0, 0.1) is 5.92 Å². The van der Waals surface area contributed by atoms with Gasteiger partial charge in [0.25, 0.3) is 0 Å². The minimum absolute atomic E-state index is 0.0269. The third-order valence-corrected chi connectivity index (χ3v) is 15.3. The summed E-state index contributed by atoms with van der Waals surface area (Å²) in [6, 6.07) is 51.9. The number of hydrogen-bond acceptors (Lipinski definition) is 5. The van der Waals surface area contributed by atoms with E-state index in [1.807, 2.05) is 36.4 Å². The van der Waals surface area contributed by atoms with Gasteiger partial charge in [0.15, 0.2) is 8.32 Å². The fourth-order valence-corrected chi connectivity index (χ4v) is 7.68. The molecule has 5 aromatic rings. The minimum Gasteiger partial charge on any atom is -0.416 e. The van der Waals surface area contributed by atoms with Gasteiger partial charge in [-0.05, 0) is 51.5 Å². The maximum atomic E-state index is 7.14. The molecule has 282 valence electrons. The van der Waals surface area contributed by atoms with Gasteiger partial charge in [0.2, 0.25) is 0 Å². The van der Waals surface area contributed by atoms with Crippen molar-refractivity contribution < 1.29 is 23.4 Å². The standard InChI is InChI=1S/C48H56O5Si/c1-48(2,3)54(4,5)53-36-43-42(31-37-21-11-6-12-22-37)44(49-32-38-23-13-7-14-24-38)46(51-34-40-27-17-9-18-28-40)47(52-35-41-29-19-10-20-30-41)45(43)50-33-39-25-15-8-16-26-39/h6-31,43-47H,32-36H2,1-5H3/b42-31+/t43-,44-,45+,46-,47-/m0/s1. The maximum Gasteiger partial charge on any atom is 0.192 e. The first-order chi connectivity index (χ1) is 26.2. The van der Waals surface area contributed by atoms with Crippen LogP contribution in [0.4, 0.5) is 0 Å². The van der Waals surface area contributed by atoms with Gasteiger partial charge in [0, 0.05) is 12.5 Å². The number of rotatable bonds is 16. The molecule has 0 radical (unpaired) electrons. The number of benzene rings is 5. The van der Waals surface area contributed by atoms with Gasteiger partial charge < -0.3 is 23.4 Å². The van der Waals surface area contributed by atoms with Crippen molar-refractivity contribution in [1.29, 1.82) is 0 Å². The summed E-state index contributed by atoms with van der Waals surface area (Å²) in [5.74, 6) is -0.193. The molecule has 54 heavy (non-hydrogen) atoms. The number of ether oxygens (including phenoxy) is 4. The summed E-state index contributed by atoms with van der Waals surface area (Å²) >= 11 is 0. The highest BCUT2D eigenvalue weighted by atomic mass is 28.4. The van der Waals surface area contributed by atoms with E-state index >= 15 is 0 Å². The average Bonchev–Trinajstić information content (AvgIpc) is 3.19. The highest BCUT2D eigenvalue weighted by molar-refractivity contribution is 6.74. The first-order valence-corrected chi connectivity index (χ1v) is 22.1. The molecule has 6 heteroatoms. The van der Waals surface area contributed by atoms with Crippen LogP contribution in [-0.2, 0) is 49.8 Å². The molecule has 1 aliphatic carbocycles. The molecule has 0 spiro atoms. The molecule has 0 aliphatic heterocycles. The summed E-state index contributed by atoms with van der Waals surface area (Å²) in [5, 5.41) is 0.0269. The Kier molecular flexibility index (Phi) is 13.9. The molecule has 5 aromatic carbocycles. The van der Waals surface area contributed by atoms with Crippen molar-refractivity contribution in [2.75, 3.05) is 6.61 Å². The summed E-state index contributed by atoms with van der Waals surface area (Å²) in [4.78, 5) is 0. The van der Waals surface area contributed by atoms with E-state index in [-0.39, 0.29) is 11.0 Å². The molecule has 1 fully saturated rings. The van der Waals surface area contributed by atoms with Gasteiger partial charge in [-0.2, -0.15) is 0 Å². The third-order valence-electron chi connectivity index (χ3n) is 10.8. The molecule has 6 rings (SSSR count). The molecule has 1 aliphatic rings. The molecule has 5 nitrogen and oxygen atoms in total. The molecule has 1 saturated carbocycles. The molecule has 0 N–H and O–H groups in total. The lowest BCUT2D eigenvalue weighted by molar-refractivity contribution is -0.213. The predicted octanol–water partition coefficient (Wildman–Crippen LogP) is 11.1. The fraction of sp³-hybridized carbons (Fsp3) is 0.333. The second-order valence-electron chi connectivity index (χ2n) is 15.7. The van der Waals surface area contributed by atoms with E-state index in [1.165, 1.54) is 0 Å². The zero-order valence-corrected chi connectivity index (χ0v) is 33.5. The van der Waals surface area contributed by atoms with E-state index in [1.54, 1.807) is 0 Å². The third kappa shape index (κ3) is 10.8. The Hall–Kier alpha value is -4.14. The van der Waals surface area contributed by atoms with Crippen LogP contribution in [0.5, 0.6) is 0 Å². The Morgan fingerprint density at radius 2 is 0.852 bits per heavy atom. The maximum absolute atomic E-state index is 7.14. The molecule has 0 unspecified atom stereocenters. The molecule has 0 bridgehead atoms.